The summed E-state index contributed by atoms with van der Waals surface area (Å²) in [5.41, 5.74) is -4.81. The molecule has 5 aromatic heterocycles. The van der Waals surface area contributed by atoms with Crippen LogP contribution in [-0.2, 0) is 63.7 Å². The van der Waals surface area contributed by atoms with Gasteiger partial charge in [-0.3, -0.25) is 95.3 Å². The van der Waals surface area contributed by atoms with Gasteiger partial charge in [-0.25, -0.2) is 28.8 Å². The number of aromatic amines is 4. The number of hydrogen-bond donors (Lipinski definition) is 16. The number of fused-ring (bicyclic) bond motifs is 3. The summed E-state index contributed by atoms with van der Waals surface area (Å²) >= 11 is 0. The van der Waals surface area contributed by atoms with E-state index in [1.54, 1.807) is 0 Å². The first-order chi connectivity index (χ1) is 69.2. The largest absolute Gasteiger partial charge is 0.509 e. The van der Waals surface area contributed by atoms with Crippen LogP contribution in [0.2, 0.25) is 0 Å². The van der Waals surface area contributed by atoms with Crippen molar-refractivity contribution in [2.75, 3.05) is 117 Å². The van der Waals surface area contributed by atoms with Crippen LogP contribution in [0.5, 0.6) is 11.5 Å². The number of aromatic nitrogens is 10. The molecule has 824 valence electrons. The Morgan fingerprint density at radius 2 is 0.711 bits per heavy atom. The van der Waals surface area contributed by atoms with Crippen LogP contribution < -0.4 is 65.7 Å². The summed E-state index contributed by atoms with van der Waals surface area (Å²) in [6.45, 7) is 19.1. The molecule has 2 aromatic carbocycles. The van der Waals surface area contributed by atoms with Gasteiger partial charge in [0.15, 0.2) is 60.4 Å². The van der Waals surface area contributed by atoms with Crippen LogP contribution in [0.4, 0.5) is 4.79 Å². The van der Waals surface area contributed by atoms with Crippen molar-refractivity contribution < 1.29 is 133 Å². The van der Waals surface area contributed by atoms with Gasteiger partial charge in [0, 0.05) is 37.1 Å². The normalized spacial score (nSPS) is 25.2. The maximum absolute atomic E-state index is 12.8. The highest BCUT2D eigenvalue weighted by molar-refractivity contribution is 7.73. The van der Waals surface area contributed by atoms with Gasteiger partial charge in [0.25, 0.3) is 27.8 Å². The Hall–Kier alpha value is -10.3. The molecule has 0 spiro atoms. The zero-order valence-electron chi connectivity index (χ0n) is 85.6. The van der Waals surface area contributed by atoms with Gasteiger partial charge in [-0.05, 0) is 186 Å². The lowest BCUT2D eigenvalue weighted by Gasteiger charge is -2.21. The zero-order valence-corrected chi connectivity index (χ0v) is 90.0. The fraction of sp³-hybridized carbons (Fsp3) is 0.557. The maximum atomic E-state index is 12.8. The fourth-order valence-electron chi connectivity index (χ4n) is 16.7. The minimum Gasteiger partial charge on any atom is -0.481 e. The molecule has 5 aliphatic heterocycles. The predicted molar refractivity (Wildman–Crippen MR) is 566 cm³/mol. The van der Waals surface area contributed by atoms with Gasteiger partial charge in [0.1, 0.15) is 87.0 Å². The van der Waals surface area contributed by atoms with Crippen molar-refractivity contribution in [1.82, 2.24) is 47.3 Å². The van der Waals surface area contributed by atoms with Crippen molar-refractivity contribution >= 4 is 101 Å². The van der Waals surface area contributed by atoms with E-state index in [-0.39, 0.29) is 72.9 Å². The Bertz CT molecular complexity index is 6720. The molecule has 6 aliphatic rings. The van der Waals surface area contributed by atoms with E-state index in [1.165, 1.54) is 27.0 Å². The van der Waals surface area contributed by atoms with Crippen molar-refractivity contribution in [2.24, 2.45) is 5.92 Å². The third kappa shape index (κ3) is 32.7. The summed E-state index contributed by atoms with van der Waals surface area (Å²) in [5, 5.41) is 122. The number of carboxylic acid groups (broad SMARTS) is 1. The average Bonchev–Trinajstić information content (AvgIpc) is 1.61. The number of ether oxygens (including phenoxy) is 9. The molecule has 23 atom stereocenters. The highest BCUT2D eigenvalue weighted by atomic mass is 31.2. The number of rotatable bonds is 37. The molecule has 5 fully saturated rings. The van der Waals surface area contributed by atoms with Crippen LogP contribution in [0.25, 0.3) is 11.1 Å². The van der Waals surface area contributed by atoms with Crippen molar-refractivity contribution in [3.8, 4) is 22.6 Å². The molecule has 0 saturated carbocycles. The van der Waals surface area contributed by atoms with Gasteiger partial charge >= 0.3 is 40.6 Å². The first kappa shape index (κ1) is 122. The van der Waals surface area contributed by atoms with Crippen molar-refractivity contribution in [2.45, 2.75) is 221 Å². The van der Waals surface area contributed by atoms with Gasteiger partial charge in [-0.15, -0.1) is 65.9 Å². The molecule has 0 amide bonds. The highest BCUT2D eigenvalue weighted by Crippen LogP contribution is 2.48. The van der Waals surface area contributed by atoms with Gasteiger partial charge in [-0.1, -0.05) is 55.5 Å². The Morgan fingerprint density at radius 1 is 0.409 bits per heavy atom. The first-order valence-electron chi connectivity index (χ1n) is 47.5. The number of hydrogen-bond acceptors (Lipinski definition) is 36. The second kappa shape index (κ2) is 51.4. The number of carbonyl (C=O) groups excluding carboxylic acids is 5. The van der Waals surface area contributed by atoms with Crippen LogP contribution in [0, 0.1) is 5.92 Å². The third-order valence-corrected chi connectivity index (χ3v) is 32.4. The number of nitrogens with zero attached hydrogens (tertiary/aromatic N) is 6. The molecule has 0 bridgehead atoms. The molecule has 0 radical (unpaired) electrons. The summed E-state index contributed by atoms with van der Waals surface area (Å²) in [6.07, 6.45) is 4.99. The second-order valence-electron chi connectivity index (χ2n) is 41.2. The topological polar surface area (TPSA) is 692 Å². The van der Waals surface area contributed by atoms with Crippen molar-refractivity contribution in [3.05, 3.63) is 212 Å². The molecule has 149 heavy (non-hydrogen) atoms. The summed E-state index contributed by atoms with van der Waals surface area (Å²) in [7, 11) is 0. The van der Waals surface area contributed by atoms with E-state index in [0.717, 1.165) is 119 Å². The van der Waals surface area contributed by atoms with E-state index in [4.69, 9.17) is 47.7 Å². The Morgan fingerprint density at radius 3 is 1.02 bits per heavy atom. The lowest BCUT2D eigenvalue weighted by molar-refractivity contribution is -0.141. The molecular weight excluding hydrogens is 2050 g/mol. The van der Waals surface area contributed by atoms with Crippen LogP contribution >= 0.6 is 34.4 Å². The third-order valence-electron chi connectivity index (χ3n) is 25.1. The fourth-order valence-corrected chi connectivity index (χ4v) is 21.5. The zero-order chi connectivity index (χ0) is 111. The van der Waals surface area contributed by atoms with Crippen molar-refractivity contribution in [1.29, 1.82) is 0 Å². The maximum Gasteiger partial charge on any atom is 0.509 e. The molecule has 13 rings (SSSR count). The summed E-state index contributed by atoms with van der Waals surface area (Å²) in [4.78, 5) is 200. The molecule has 7 aromatic rings. The first-order valence-corrected chi connectivity index (χ1v) is 62.8. The van der Waals surface area contributed by atoms with Crippen LogP contribution in [-0.4, -0.2) is 384 Å². The molecule has 10 heterocycles. The van der Waals surface area contributed by atoms with E-state index >= 15 is 0 Å². The molecule has 16 N–H and O–H groups in total. The summed E-state index contributed by atoms with van der Waals surface area (Å²) < 4.78 is 55.2. The van der Waals surface area contributed by atoms with Gasteiger partial charge < -0.3 is 104 Å². The van der Waals surface area contributed by atoms with Gasteiger partial charge in [0.2, 0.25) is 11.5 Å². The Kier molecular flexibility index (Phi) is 42.2. The molecule has 52 heteroatoms. The number of H-pyrrole nitrogens is 4. The van der Waals surface area contributed by atoms with Crippen LogP contribution in [0.15, 0.2) is 134 Å². The monoisotopic (exact) mass is 2190 g/mol. The smallest absolute Gasteiger partial charge is 0.481 e. The number of ketones is 4. The molecule has 7 unspecified atom stereocenters. The minimum absolute atomic E-state index is 0.0684. The summed E-state index contributed by atoms with van der Waals surface area (Å²) in [5.74, 6) is -4.45. The number of carboxylic acids is 1. The Balaban J connectivity index is 0.000000211. The number of carbonyl (C=O) groups is 6. The molecule has 47 nitrogen and oxygen atoms in total. The van der Waals surface area contributed by atoms with Gasteiger partial charge in [0.05, 0.1) is 60.0 Å². The van der Waals surface area contributed by atoms with E-state index in [2.05, 4.69) is 59.8 Å². The predicted octanol–water partition coefficient (Wildman–Crippen LogP) is 0.0135. The van der Waals surface area contributed by atoms with E-state index in [1.807, 2.05) is 107 Å². The number of benzene rings is 2. The van der Waals surface area contributed by atoms with E-state index in [9.17, 15) is 133 Å². The number of Topliss-reactive ketones (excluding diaryl/α,β-unsaturated/α-hetero) is 4. The quantitative estimate of drug-likeness (QED) is 0.0180. The number of nitrogens with one attached hydrogen (secondary N) is 4. The minimum atomic E-state index is -1.71. The number of aliphatic hydroxyl groups excluding tert-OH is 11. The van der Waals surface area contributed by atoms with E-state index in [0.29, 0.717) is 38.3 Å². The highest BCUT2D eigenvalue weighted by Gasteiger charge is 2.50. The lowest BCUT2D eigenvalue weighted by Crippen LogP contribution is -2.43. The number of aliphatic carboxylic acids is 1. The summed E-state index contributed by atoms with van der Waals surface area (Å²) in [6, 6.07) is 16.7. The lowest BCUT2D eigenvalue weighted by atomic mass is 9.98. The average molecular weight is 2190 g/mol. The molecule has 5 saturated heterocycles. The van der Waals surface area contributed by atoms with Crippen LogP contribution in [0.3, 0.4) is 0 Å². The van der Waals surface area contributed by atoms with E-state index < -0.39 is 255 Å². The molecule has 1 aliphatic carbocycles. The second-order valence-corrected chi connectivity index (χ2v) is 62.8. The standard InChI is InChI=1S/C31H35N2O9P.C18H29N2O7P.3C16H25N2O7P/c1-17(34)27(42-31(39)40-16-23-20-11-7-5-9-18(20)19-10-6-8-12-21(19)23)22-15-33(30(38)32-28(22)37)29-26(36)25(35)24(41-29)13-14-43(2,3)4;1-11(17(24)25)5-8-19-13(21)6-9-20(18(19)26)16-15(23)14(22)12(27-16)7-10-28(2,3)4;2*1-9(19)8-24-11-7-18(16(23)17-14(11)22)15-13(21)12(20)10(25-15)5-6-26(2,3)4;1-8(19)11(20)9-7-18(16(24)17-14(9)23)15-13(22)12(21)10(25-15)5-6-26(2,3)4/h5-12,15,23-27,29,35-36H,2,13-14,16H2,1,3-4H3,(H,32,37,38);6,9,11-12,14-16,22-23H,2,5,7-8,10H2,1,3-4H3,(H,24,25);2*7,10,12-13,15,20-21H,2,5-6,8H2,1,3-4H3,(H,17,22,23);7,10-13,15,20-22H,2,5-6H2,1,3-4H3,(H,17,23,24)/t24-,25-,26-,27?,29?;11?,12-,14-,15-,16-;2*10-,12-,13-,15?;10-,11?,12-,13-,15?/m11111/s1. The SMILES string of the molecule is C=P(C)(C)CC[C@H]1OC(n2cc(C(O)C(C)=O)c(=O)[nH]c2=O)[C@H](O)[C@@H]1O.C=P(C)(C)CC[C@H]1OC(n2cc(C(OC(=O)OCC3c4ccccc4-c4ccccc43)C(C)=O)c(=O)[nH]c2=O)[C@H](O)[C@@H]1O.C=P(C)(C)CC[C@H]1OC(n2cc(OCC(C)=O)c(=O)[nH]c2=O)[C@H](O)[C@@H]1O.C=P(C)(C)CC[C@H]1OC(n2cc(OCC(C)=O)c(=O)[nH]c2=O)[C@H](O)[C@@H]1O.C=P(C)(C)CC[C@H]1O[C@@H](n2ccc(=O)n(CCC(C)C(=O)O)c2=O)[C@H](O)[C@@H]1O. The molecular formula is C97H139N10O37P5. The van der Waals surface area contributed by atoms with Crippen LogP contribution in [0.1, 0.15) is 145 Å². The van der Waals surface area contributed by atoms with Crippen molar-refractivity contribution in [3.63, 3.8) is 0 Å². The van der Waals surface area contributed by atoms with Gasteiger partial charge in [-0.2, -0.15) is 0 Å². The Labute approximate surface area is 855 Å². The number of aliphatic hydroxyl groups is 11.